The molecule has 1 rings (SSSR count). The van der Waals surface area contributed by atoms with Gasteiger partial charge in [-0.05, 0) is 18.6 Å². The Labute approximate surface area is 133 Å². The van der Waals surface area contributed by atoms with E-state index in [1.807, 2.05) is 6.92 Å². The molecule has 0 unspecified atom stereocenters. The molecule has 0 aliphatic rings. The lowest BCUT2D eigenvalue weighted by molar-refractivity contribution is -0.137. The molecule has 0 saturated carbocycles. The van der Waals surface area contributed by atoms with E-state index in [9.17, 15) is 22.8 Å². The van der Waals surface area contributed by atoms with Crippen LogP contribution in [0.1, 0.15) is 38.7 Å². The highest BCUT2D eigenvalue weighted by atomic mass is 19.4. The summed E-state index contributed by atoms with van der Waals surface area (Å²) in [7, 11) is 0. The number of alkyl halides is 3. The minimum Gasteiger partial charge on any atom is -0.342 e. The van der Waals surface area contributed by atoms with Crippen LogP contribution in [0.2, 0.25) is 0 Å². The van der Waals surface area contributed by atoms with Gasteiger partial charge in [0.25, 0.3) is 0 Å². The van der Waals surface area contributed by atoms with Gasteiger partial charge in [0.05, 0.1) is 11.3 Å². The molecular weight excluding hydrogens is 309 g/mol. The number of nitrogens with zero attached hydrogens (tertiary/aromatic N) is 1. The van der Waals surface area contributed by atoms with Crippen LogP contribution in [0.15, 0.2) is 24.3 Å². The second-order valence-electron chi connectivity index (χ2n) is 5.20. The minimum absolute atomic E-state index is 0.0461. The molecule has 23 heavy (non-hydrogen) atoms. The molecule has 0 aromatic heterocycles. The van der Waals surface area contributed by atoms with Gasteiger partial charge in [-0.25, -0.2) is 0 Å². The van der Waals surface area contributed by atoms with Crippen LogP contribution < -0.4 is 5.32 Å². The van der Waals surface area contributed by atoms with Crippen molar-refractivity contribution >= 4 is 17.5 Å². The van der Waals surface area contributed by atoms with Crippen molar-refractivity contribution in [2.75, 3.05) is 18.4 Å². The van der Waals surface area contributed by atoms with Crippen LogP contribution in [-0.4, -0.2) is 29.8 Å². The molecule has 1 N–H and O–H groups in total. The Balaban J connectivity index is 2.65. The first-order valence-electron chi connectivity index (χ1n) is 7.47. The number of halogens is 3. The maximum Gasteiger partial charge on any atom is 0.418 e. The second kappa shape index (κ2) is 8.55. The van der Waals surface area contributed by atoms with Crippen LogP contribution in [0.25, 0.3) is 0 Å². The summed E-state index contributed by atoms with van der Waals surface area (Å²) in [5, 5.41) is 2.27. The number of amides is 2. The first-order chi connectivity index (χ1) is 10.8. The molecule has 128 valence electrons. The number of benzene rings is 1. The van der Waals surface area contributed by atoms with Gasteiger partial charge in [0.2, 0.25) is 11.8 Å². The molecule has 0 atom stereocenters. The van der Waals surface area contributed by atoms with E-state index >= 15 is 0 Å². The van der Waals surface area contributed by atoms with E-state index in [-0.39, 0.29) is 24.6 Å². The van der Waals surface area contributed by atoms with Gasteiger partial charge in [0, 0.05) is 26.4 Å². The van der Waals surface area contributed by atoms with Crippen LogP contribution in [-0.2, 0) is 15.8 Å². The van der Waals surface area contributed by atoms with Gasteiger partial charge in [0.1, 0.15) is 0 Å². The number of carbonyl (C=O) groups is 2. The highest BCUT2D eigenvalue weighted by molar-refractivity contribution is 5.92. The van der Waals surface area contributed by atoms with Gasteiger partial charge in [-0.2, -0.15) is 13.2 Å². The molecule has 4 nitrogen and oxygen atoms in total. The average molecular weight is 330 g/mol. The van der Waals surface area contributed by atoms with Gasteiger partial charge in [-0.15, -0.1) is 0 Å². The third-order valence-corrected chi connectivity index (χ3v) is 3.34. The molecule has 0 aliphatic heterocycles. The number of unbranched alkanes of at least 4 members (excludes halogenated alkanes) is 1. The van der Waals surface area contributed by atoms with E-state index in [1.54, 1.807) is 0 Å². The summed E-state index contributed by atoms with van der Waals surface area (Å²) in [5.74, 6) is -0.702. The molecule has 1 aromatic carbocycles. The highest BCUT2D eigenvalue weighted by Crippen LogP contribution is 2.34. The number of hydrogen-bond donors (Lipinski definition) is 1. The van der Waals surface area contributed by atoms with Crippen molar-refractivity contribution in [3.63, 3.8) is 0 Å². The van der Waals surface area contributed by atoms with Crippen molar-refractivity contribution in [2.24, 2.45) is 0 Å². The van der Waals surface area contributed by atoms with Crippen LogP contribution in [0.3, 0.4) is 0 Å². The fourth-order valence-electron chi connectivity index (χ4n) is 2.06. The lowest BCUT2D eigenvalue weighted by Crippen LogP contribution is -2.33. The van der Waals surface area contributed by atoms with Crippen molar-refractivity contribution in [3.05, 3.63) is 29.8 Å². The summed E-state index contributed by atoms with van der Waals surface area (Å²) in [6.45, 7) is 4.12. The van der Waals surface area contributed by atoms with Gasteiger partial charge in [0.15, 0.2) is 0 Å². The standard InChI is InChI=1S/C16H21F3N2O2/c1-3-4-10-21(12(2)22)11-9-15(23)20-14-8-6-5-7-13(14)16(17,18)19/h5-8H,3-4,9-11H2,1-2H3,(H,20,23). The Bertz CT molecular complexity index is 544. The molecule has 0 fully saturated rings. The molecule has 7 heteroatoms. The number of nitrogens with one attached hydrogen (secondary N) is 1. The fraction of sp³-hybridized carbons (Fsp3) is 0.500. The molecule has 1 aromatic rings. The number of anilines is 1. The van der Waals surface area contributed by atoms with E-state index < -0.39 is 17.6 Å². The third-order valence-electron chi connectivity index (χ3n) is 3.34. The summed E-state index contributed by atoms with van der Waals surface area (Å²) in [4.78, 5) is 24.9. The maximum atomic E-state index is 12.9. The van der Waals surface area contributed by atoms with Crippen molar-refractivity contribution < 1.29 is 22.8 Å². The van der Waals surface area contributed by atoms with Crippen LogP contribution in [0, 0.1) is 0 Å². The number of carbonyl (C=O) groups excluding carboxylic acids is 2. The molecule has 0 bridgehead atoms. The van der Waals surface area contributed by atoms with Crippen LogP contribution >= 0.6 is 0 Å². The Kier molecular flexibility index (Phi) is 7.06. The van der Waals surface area contributed by atoms with E-state index in [0.717, 1.165) is 18.9 Å². The molecule has 0 radical (unpaired) electrons. The molecule has 0 spiro atoms. The number of rotatable bonds is 7. The first-order valence-corrected chi connectivity index (χ1v) is 7.47. The maximum absolute atomic E-state index is 12.9. The summed E-state index contributed by atoms with van der Waals surface area (Å²) < 4.78 is 38.6. The molecule has 0 saturated heterocycles. The Morgan fingerprint density at radius 3 is 2.39 bits per heavy atom. The monoisotopic (exact) mass is 330 g/mol. The van der Waals surface area contributed by atoms with E-state index in [2.05, 4.69) is 5.32 Å². The molecule has 2 amide bonds. The number of hydrogen-bond acceptors (Lipinski definition) is 2. The largest absolute Gasteiger partial charge is 0.418 e. The summed E-state index contributed by atoms with van der Waals surface area (Å²) in [6.07, 6.45) is -2.85. The second-order valence-corrected chi connectivity index (χ2v) is 5.20. The molecule has 0 heterocycles. The Morgan fingerprint density at radius 1 is 1.17 bits per heavy atom. The Morgan fingerprint density at radius 2 is 1.83 bits per heavy atom. The summed E-state index contributed by atoms with van der Waals surface area (Å²) >= 11 is 0. The lowest BCUT2D eigenvalue weighted by Gasteiger charge is -2.20. The Hall–Kier alpha value is -2.05. The predicted octanol–water partition coefficient (Wildman–Crippen LogP) is 3.68. The van der Waals surface area contributed by atoms with E-state index in [4.69, 9.17) is 0 Å². The molecular formula is C16H21F3N2O2. The quantitative estimate of drug-likeness (QED) is 0.829. The van der Waals surface area contributed by atoms with Crippen LogP contribution in [0.5, 0.6) is 0 Å². The predicted molar refractivity (Wildman–Crippen MR) is 81.9 cm³/mol. The first kappa shape index (κ1) is 19.0. The van der Waals surface area contributed by atoms with Crippen molar-refractivity contribution in [1.29, 1.82) is 0 Å². The fourth-order valence-corrected chi connectivity index (χ4v) is 2.06. The summed E-state index contributed by atoms with van der Waals surface area (Å²) in [5.41, 5.74) is -1.16. The minimum atomic E-state index is -4.53. The smallest absolute Gasteiger partial charge is 0.342 e. The normalized spacial score (nSPS) is 11.2. The zero-order valence-electron chi connectivity index (χ0n) is 13.2. The topological polar surface area (TPSA) is 49.4 Å². The van der Waals surface area contributed by atoms with Gasteiger partial charge in [-0.1, -0.05) is 25.5 Å². The van der Waals surface area contributed by atoms with E-state index in [1.165, 1.54) is 30.0 Å². The summed E-state index contributed by atoms with van der Waals surface area (Å²) in [6, 6.07) is 4.81. The van der Waals surface area contributed by atoms with Gasteiger partial charge in [-0.3, -0.25) is 9.59 Å². The van der Waals surface area contributed by atoms with Gasteiger partial charge >= 0.3 is 6.18 Å². The SMILES string of the molecule is CCCCN(CCC(=O)Nc1ccccc1C(F)(F)F)C(C)=O. The van der Waals surface area contributed by atoms with E-state index in [0.29, 0.717) is 6.54 Å². The lowest BCUT2D eigenvalue weighted by atomic mass is 10.1. The van der Waals surface area contributed by atoms with Crippen molar-refractivity contribution in [2.45, 2.75) is 39.3 Å². The van der Waals surface area contributed by atoms with Crippen LogP contribution in [0.4, 0.5) is 18.9 Å². The highest BCUT2D eigenvalue weighted by Gasteiger charge is 2.33. The zero-order valence-corrected chi connectivity index (χ0v) is 13.2. The zero-order chi connectivity index (χ0) is 17.5. The van der Waals surface area contributed by atoms with Gasteiger partial charge < -0.3 is 10.2 Å². The van der Waals surface area contributed by atoms with Crippen molar-refractivity contribution in [1.82, 2.24) is 4.90 Å². The number of para-hydroxylation sites is 1. The third kappa shape index (κ3) is 6.30. The van der Waals surface area contributed by atoms with Crippen molar-refractivity contribution in [3.8, 4) is 0 Å². The average Bonchev–Trinajstić information content (AvgIpc) is 2.46. The molecule has 0 aliphatic carbocycles.